The Bertz CT molecular complexity index is 2180. The summed E-state index contributed by atoms with van der Waals surface area (Å²) in [5.74, 6) is 1.01. The molecule has 0 saturated carbocycles. The third-order valence-electron chi connectivity index (χ3n) is 10.9. The topological polar surface area (TPSA) is 24.4 Å². The van der Waals surface area contributed by atoms with E-state index < -0.39 is 0 Å². The van der Waals surface area contributed by atoms with Crippen LogP contribution >= 0.6 is 0 Å². The third kappa shape index (κ3) is 11.2. The van der Waals surface area contributed by atoms with Crippen molar-refractivity contribution in [1.29, 1.82) is 0 Å². The SMILES string of the molecule is C=C.C=C(/C=C(C)/C(C)=C/C=C1\C(=C)C=CCC1C)C1=Nc2ccccc2CC1.C=C1/C(=C2\NC(c3ccc(CC)cc3)=Cc3ccccc32)C=CCC1C.CC. The monoisotopic (exact) mass is 753 g/mol. The van der Waals surface area contributed by atoms with Crippen molar-refractivity contribution in [2.24, 2.45) is 16.8 Å². The Morgan fingerprint density at radius 2 is 1.49 bits per heavy atom. The van der Waals surface area contributed by atoms with Crippen molar-refractivity contribution in [2.75, 3.05) is 0 Å². The van der Waals surface area contributed by atoms with E-state index in [4.69, 9.17) is 4.99 Å². The summed E-state index contributed by atoms with van der Waals surface area (Å²) in [4.78, 5) is 4.82. The van der Waals surface area contributed by atoms with Gasteiger partial charge in [0, 0.05) is 22.5 Å². The molecule has 0 saturated heterocycles. The Kier molecular flexibility index (Phi) is 16.6. The molecule has 0 fully saturated rings. The molecule has 2 aliphatic carbocycles. The number of nitrogens with zero attached hydrogens (tertiary/aromatic N) is 1. The lowest BCUT2D eigenvalue weighted by Crippen LogP contribution is -2.19. The smallest absolute Gasteiger partial charge is 0.0665 e. The fraction of sp³-hybridized carbons (Fsp3) is 0.255. The van der Waals surface area contributed by atoms with E-state index in [1.54, 1.807) is 0 Å². The van der Waals surface area contributed by atoms with E-state index in [1.807, 2.05) is 19.9 Å². The van der Waals surface area contributed by atoms with Gasteiger partial charge in [0.15, 0.2) is 0 Å². The summed E-state index contributed by atoms with van der Waals surface area (Å²) in [6.45, 7) is 33.8. The fourth-order valence-corrected chi connectivity index (χ4v) is 7.23. The quantitative estimate of drug-likeness (QED) is 0.197. The van der Waals surface area contributed by atoms with Gasteiger partial charge < -0.3 is 5.32 Å². The molecule has 2 heteroatoms. The molecule has 2 aliphatic heterocycles. The molecule has 3 aromatic rings. The Balaban J connectivity index is 0.000000233. The van der Waals surface area contributed by atoms with Crippen LogP contribution in [0.25, 0.3) is 17.5 Å². The van der Waals surface area contributed by atoms with Gasteiger partial charge in [-0.15, -0.1) is 13.2 Å². The number of aryl methyl sites for hydroxylation is 2. The van der Waals surface area contributed by atoms with Gasteiger partial charge in [-0.3, -0.25) is 4.99 Å². The highest BCUT2D eigenvalue weighted by molar-refractivity contribution is 6.04. The van der Waals surface area contributed by atoms with E-state index in [2.05, 4.69) is 188 Å². The Morgan fingerprint density at radius 1 is 0.825 bits per heavy atom. The molecule has 2 heterocycles. The first kappa shape index (κ1) is 44.0. The van der Waals surface area contributed by atoms with Crippen LogP contribution in [0.5, 0.6) is 0 Å². The van der Waals surface area contributed by atoms with Crippen molar-refractivity contribution in [3.8, 4) is 0 Å². The van der Waals surface area contributed by atoms with Gasteiger partial charge in [0.05, 0.1) is 11.4 Å². The van der Waals surface area contributed by atoms with Crippen LogP contribution in [-0.4, -0.2) is 5.71 Å². The zero-order valence-corrected chi connectivity index (χ0v) is 35.7. The molecule has 57 heavy (non-hydrogen) atoms. The molecule has 7 rings (SSSR count). The summed E-state index contributed by atoms with van der Waals surface area (Å²) < 4.78 is 0. The van der Waals surface area contributed by atoms with Crippen LogP contribution in [0.3, 0.4) is 0 Å². The Labute approximate surface area is 345 Å². The number of aliphatic imine (C=N–C) groups is 1. The van der Waals surface area contributed by atoms with Crippen LogP contribution in [0, 0.1) is 11.8 Å². The molecule has 1 N–H and O–H groups in total. The predicted octanol–water partition coefficient (Wildman–Crippen LogP) is 15.3. The third-order valence-corrected chi connectivity index (χ3v) is 10.9. The van der Waals surface area contributed by atoms with Gasteiger partial charge in [-0.05, 0) is 126 Å². The van der Waals surface area contributed by atoms with E-state index in [1.165, 1.54) is 61.4 Å². The zero-order valence-electron chi connectivity index (χ0n) is 35.7. The number of benzene rings is 3. The maximum atomic E-state index is 4.82. The maximum absolute atomic E-state index is 4.82. The molecule has 0 bridgehead atoms. The first-order valence-corrected chi connectivity index (χ1v) is 20.7. The molecule has 4 aliphatic rings. The van der Waals surface area contributed by atoms with Gasteiger partial charge in [-0.2, -0.15) is 0 Å². The van der Waals surface area contributed by atoms with E-state index in [0.717, 1.165) is 60.3 Å². The minimum absolute atomic E-state index is 0.481. The average molecular weight is 753 g/mol. The summed E-state index contributed by atoms with van der Waals surface area (Å²) >= 11 is 0. The summed E-state index contributed by atoms with van der Waals surface area (Å²) in [6, 6.07) is 25.8. The molecule has 0 amide bonds. The van der Waals surface area contributed by atoms with Crippen LogP contribution in [0.15, 0.2) is 192 Å². The second-order valence-electron chi connectivity index (χ2n) is 14.7. The highest BCUT2D eigenvalue weighted by Gasteiger charge is 2.23. The predicted molar refractivity (Wildman–Crippen MR) is 254 cm³/mol. The largest absolute Gasteiger partial charge is 0.354 e. The number of rotatable bonds is 6. The van der Waals surface area contributed by atoms with Gasteiger partial charge in [-0.25, -0.2) is 0 Å². The lowest BCUT2D eigenvalue weighted by molar-refractivity contribution is 0.694. The lowest BCUT2D eigenvalue weighted by Gasteiger charge is -2.28. The van der Waals surface area contributed by atoms with Crippen molar-refractivity contribution in [1.82, 2.24) is 5.32 Å². The Hall–Kier alpha value is -5.73. The van der Waals surface area contributed by atoms with Crippen molar-refractivity contribution in [3.05, 3.63) is 215 Å². The molecule has 0 aromatic heterocycles. The van der Waals surface area contributed by atoms with Crippen LogP contribution in [0.4, 0.5) is 5.69 Å². The lowest BCUT2D eigenvalue weighted by atomic mass is 9.83. The van der Waals surface area contributed by atoms with Crippen molar-refractivity contribution in [2.45, 2.75) is 80.6 Å². The van der Waals surface area contributed by atoms with E-state index in [0.29, 0.717) is 11.8 Å². The number of allylic oxidation sites excluding steroid dienone is 14. The number of fused-ring (bicyclic) bond motifs is 2. The van der Waals surface area contributed by atoms with Gasteiger partial charge in [0.25, 0.3) is 0 Å². The van der Waals surface area contributed by atoms with Crippen molar-refractivity contribution >= 4 is 28.9 Å². The van der Waals surface area contributed by atoms with Crippen LogP contribution in [0.1, 0.15) is 95.5 Å². The van der Waals surface area contributed by atoms with Gasteiger partial charge in [0.1, 0.15) is 0 Å². The minimum Gasteiger partial charge on any atom is -0.354 e. The second-order valence-corrected chi connectivity index (χ2v) is 14.7. The van der Waals surface area contributed by atoms with Crippen molar-refractivity contribution in [3.63, 3.8) is 0 Å². The summed E-state index contributed by atoms with van der Waals surface area (Å²) in [6.07, 6.45) is 22.9. The normalized spacial score (nSPS) is 20.5. The highest BCUT2D eigenvalue weighted by atomic mass is 14.9. The van der Waals surface area contributed by atoms with E-state index in [-0.39, 0.29) is 0 Å². The average Bonchev–Trinajstić information content (AvgIpc) is 3.25. The number of hydrogen-bond acceptors (Lipinski definition) is 2. The molecule has 2 nitrogen and oxygen atoms in total. The van der Waals surface area contributed by atoms with E-state index in [9.17, 15) is 0 Å². The summed E-state index contributed by atoms with van der Waals surface area (Å²) in [7, 11) is 0. The number of nitrogens with one attached hydrogen (secondary N) is 1. The maximum Gasteiger partial charge on any atom is 0.0665 e. The van der Waals surface area contributed by atoms with Crippen LogP contribution in [0.2, 0.25) is 0 Å². The standard InChI is InChI=1S/C26H29N.C25H25N.C2H6.C2H4/c1-18(13-15-24-19(2)9-8-10-20(24)3)21(4)17-22(5)25-16-14-23-11-6-7-12-26(23)27-25;1-4-19-12-14-20(15-13-19)24-16-21-9-5-6-10-23(21)25(26-24)22-11-7-8-17(2)18(22)3;2*1-2/h6-9,11-13,15,17,20H,2,5,10,14,16H2,1,3-4H3;5-7,9-17,26H,3-4,8H2,1-2H3;1-2H3;1-2H2/b18-13+,21-17+,24-15+;25-22-;;. The number of para-hydroxylation sites is 1. The molecule has 2 atom stereocenters. The molecular weight excluding hydrogens is 689 g/mol. The summed E-state index contributed by atoms with van der Waals surface area (Å²) in [5.41, 5.74) is 19.3. The molecule has 3 aromatic carbocycles. The van der Waals surface area contributed by atoms with Crippen LogP contribution < -0.4 is 5.32 Å². The first-order chi connectivity index (χ1) is 27.6. The highest BCUT2D eigenvalue weighted by Crippen LogP contribution is 2.38. The minimum atomic E-state index is 0.481. The molecule has 0 spiro atoms. The van der Waals surface area contributed by atoms with Crippen LogP contribution in [-0.2, 0) is 12.8 Å². The second kappa shape index (κ2) is 21.5. The Morgan fingerprint density at radius 3 is 2.21 bits per heavy atom. The fourth-order valence-electron chi connectivity index (χ4n) is 7.23. The zero-order chi connectivity index (χ0) is 41.5. The van der Waals surface area contributed by atoms with Crippen molar-refractivity contribution < 1.29 is 0 Å². The molecule has 294 valence electrons. The summed E-state index contributed by atoms with van der Waals surface area (Å²) in [5, 5.41) is 3.71. The van der Waals surface area contributed by atoms with Gasteiger partial charge in [0.2, 0.25) is 0 Å². The molecule has 0 radical (unpaired) electrons. The molecule has 2 unspecified atom stereocenters. The number of hydrogen-bond donors (Lipinski definition) is 1. The van der Waals surface area contributed by atoms with E-state index >= 15 is 0 Å². The van der Waals surface area contributed by atoms with Gasteiger partial charge in [-0.1, -0.05) is 164 Å². The van der Waals surface area contributed by atoms with Gasteiger partial charge >= 0.3 is 0 Å². The molecular formula is C55H64N2. The first-order valence-electron chi connectivity index (χ1n) is 20.7.